The van der Waals surface area contributed by atoms with Crippen molar-refractivity contribution in [2.24, 2.45) is 0 Å². The van der Waals surface area contributed by atoms with Gasteiger partial charge in [0.25, 0.3) is 5.91 Å². The number of imidazole rings is 1. The molecule has 4 rings (SSSR count). The third kappa shape index (κ3) is 2.93. The number of amides is 1. The van der Waals surface area contributed by atoms with Crippen molar-refractivity contribution in [1.29, 1.82) is 0 Å². The maximum Gasteiger partial charge on any atom is 0.258 e. The topological polar surface area (TPSA) is 57.8 Å². The molecule has 128 valence electrons. The lowest BCUT2D eigenvalue weighted by molar-refractivity contribution is 0.102. The molecule has 26 heavy (non-hydrogen) atoms. The van der Waals surface area contributed by atoms with E-state index in [1.165, 1.54) is 12.1 Å². The standard InChI is InChI=1S/C20H13F2N3O/c21-15-5-3-4-14(18(15)22)20(26)23-13-10-8-12(9-11-13)19-24-16-6-1-2-7-17(16)25-19/h1-11H,(H,23,26)(H,24,25). The molecule has 4 nitrogen and oxygen atoms in total. The smallest absolute Gasteiger partial charge is 0.258 e. The van der Waals surface area contributed by atoms with Crippen LogP contribution in [-0.4, -0.2) is 15.9 Å². The zero-order valence-corrected chi connectivity index (χ0v) is 13.5. The van der Waals surface area contributed by atoms with Gasteiger partial charge in [0.2, 0.25) is 0 Å². The van der Waals surface area contributed by atoms with Gasteiger partial charge in [0.1, 0.15) is 5.82 Å². The molecule has 0 fully saturated rings. The van der Waals surface area contributed by atoms with Gasteiger partial charge in [0.15, 0.2) is 11.6 Å². The summed E-state index contributed by atoms with van der Waals surface area (Å²) in [6, 6.07) is 18.1. The highest BCUT2D eigenvalue weighted by molar-refractivity contribution is 6.04. The van der Waals surface area contributed by atoms with E-state index in [4.69, 9.17) is 0 Å². The van der Waals surface area contributed by atoms with Crippen LogP contribution in [0.3, 0.4) is 0 Å². The van der Waals surface area contributed by atoms with Crippen LogP contribution in [0.5, 0.6) is 0 Å². The molecule has 0 radical (unpaired) electrons. The number of nitrogens with one attached hydrogen (secondary N) is 2. The van der Waals surface area contributed by atoms with E-state index in [1.54, 1.807) is 24.3 Å². The maximum atomic E-state index is 13.7. The summed E-state index contributed by atoms with van der Waals surface area (Å²) < 4.78 is 26.9. The maximum absolute atomic E-state index is 13.7. The molecule has 0 atom stereocenters. The molecule has 3 aromatic carbocycles. The molecule has 0 aliphatic carbocycles. The zero-order chi connectivity index (χ0) is 18.1. The first-order valence-corrected chi connectivity index (χ1v) is 7.92. The lowest BCUT2D eigenvalue weighted by atomic mass is 10.1. The average molecular weight is 349 g/mol. The normalized spacial score (nSPS) is 10.8. The quantitative estimate of drug-likeness (QED) is 0.560. The minimum absolute atomic E-state index is 0.341. The summed E-state index contributed by atoms with van der Waals surface area (Å²) in [5, 5.41) is 2.56. The molecule has 6 heteroatoms. The highest BCUT2D eigenvalue weighted by atomic mass is 19.2. The number of hydrogen-bond acceptors (Lipinski definition) is 2. The van der Waals surface area contributed by atoms with E-state index in [0.29, 0.717) is 11.5 Å². The summed E-state index contributed by atoms with van der Waals surface area (Å²) in [6.07, 6.45) is 0. The van der Waals surface area contributed by atoms with E-state index in [2.05, 4.69) is 15.3 Å². The van der Waals surface area contributed by atoms with Gasteiger partial charge in [-0.1, -0.05) is 18.2 Å². The Balaban J connectivity index is 1.56. The number of anilines is 1. The zero-order valence-electron chi connectivity index (χ0n) is 13.5. The summed E-state index contributed by atoms with van der Waals surface area (Å²) in [5.74, 6) is -2.22. The number of halogens is 2. The van der Waals surface area contributed by atoms with Crippen molar-refractivity contribution >= 4 is 22.6 Å². The molecule has 4 aromatic rings. The number of nitrogens with zero attached hydrogens (tertiary/aromatic N) is 1. The van der Waals surface area contributed by atoms with Crippen LogP contribution in [-0.2, 0) is 0 Å². The van der Waals surface area contributed by atoms with Gasteiger partial charge in [-0.25, -0.2) is 13.8 Å². The summed E-state index contributed by atoms with van der Waals surface area (Å²) in [5.41, 5.74) is 2.77. The number of hydrogen-bond donors (Lipinski definition) is 2. The van der Waals surface area contributed by atoms with Crippen molar-refractivity contribution < 1.29 is 13.6 Å². The summed E-state index contributed by atoms with van der Waals surface area (Å²) in [7, 11) is 0. The van der Waals surface area contributed by atoms with Gasteiger partial charge in [-0.05, 0) is 48.5 Å². The number of aromatic amines is 1. The number of H-pyrrole nitrogens is 1. The van der Waals surface area contributed by atoms with E-state index in [9.17, 15) is 13.6 Å². The second-order valence-electron chi connectivity index (χ2n) is 5.74. The average Bonchev–Trinajstić information content (AvgIpc) is 3.08. The van der Waals surface area contributed by atoms with Gasteiger partial charge in [0, 0.05) is 11.3 Å². The van der Waals surface area contributed by atoms with Crippen LogP contribution in [0.15, 0.2) is 66.7 Å². The Morgan fingerprint density at radius 1 is 0.923 bits per heavy atom. The molecule has 1 amide bonds. The lowest BCUT2D eigenvalue weighted by Gasteiger charge is -2.07. The molecule has 0 saturated heterocycles. The van der Waals surface area contributed by atoms with Crippen molar-refractivity contribution in [3.05, 3.63) is 83.9 Å². The van der Waals surface area contributed by atoms with Crippen molar-refractivity contribution in [1.82, 2.24) is 9.97 Å². The second-order valence-corrected chi connectivity index (χ2v) is 5.74. The predicted octanol–water partition coefficient (Wildman–Crippen LogP) is 4.76. The van der Waals surface area contributed by atoms with Crippen LogP contribution >= 0.6 is 0 Å². The largest absolute Gasteiger partial charge is 0.338 e. The Hall–Kier alpha value is -3.54. The Kier molecular flexibility index (Phi) is 3.93. The van der Waals surface area contributed by atoms with Crippen molar-refractivity contribution in [3.8, 4) is 11.4 Å². The van der Waals surface area contributed by atoms with Gasteiger partial charge < -0.3 is 10.3 Å². The van der Waals surface area contributed by atoms with E-state index < -0.39 is 17.5 Å². The number of carbonyl (C=O) groups excluding carboxylic acids is 1. The van der Waals surface area contributed by atoms with Crippen LogP contribution in [0.2, 0.25) is 0 Å². The van der Waals surface area contributed by atoms with Crippen LogP contribution in [0.1, 0.15) is 10.4 Å². The number of benzene rings is 3. The molecule has 0 aliphatic rings. The third-order valence-electron chi connectivity index (χ3n) is 4.00. The number of carbonyl (C=O) groups is 1. The van der Waals surface area contributed by atoms with E-state index in [0.717, 1.165) is 22.7 Å². The number of aromatic nitrogens is 2. The second kappa shape index (κ2) is 6.40. The molecule has 0 unspecified atom stereocenters. The molecule has 0 saturated carbocycles. The molecule has 0 aliphatic heterocycles. The van der Waals surface area contributed by atoms with Gasteiger partial charge in [-0.2, -0.15) is 0 Å². The summed E-state index contributed by atoms with van der Waals surface area (Å²) >= 11 is 0. The Morgan fingerprint density at radius 2 is 1.69 bits per heavy atom. The van der Waals surface area contributed by atoms with E-state index in [1.807, 2.05) is 24.3 Å². The fourth-order valence-electron chi connectivity index (χ4n) is 2.68. The number of fused-ring (bicyclic) bond motifs is 1. The minimum atomic E-state index is -1.16. The molecule has 1 aromatic heterocycles. The molecular formula is C20H13F2N3O. The fraction of sp³-hybridized carbons (Fsp3) is 0. The minimum Gasteiger partial charge on any atom is -0.338 e. The van der Waals surface area contributed by atoms with E-state index >= 15 is 0 Å². The number of rotatable bonds is 3. The van der Waals surface area contributed by atoms with Crippen molar-refractivity contribution in [2.45, 2.75) is 0 Å². The van der Waals surface area contributed by atoms with Crippen LogP contribution < -0.4 is 5.32 Å². The van der Waals surface area contributed by atoms with Crippen LogP contribution in [0.25, 0.3) is 22.4 Å². The Labute approximate surface area is 147 Å². The van der Waals surface area contributed by atoms with Crippen molar-refractivity contribution in [2.75, 3.05) is 5.32 Å². The first-order chi connectivity index (χ1) is 12.6. The lowest BCUT2D eigenvalue weighted by Crippen LogP contribution is -2.14. The van der Waals surface area contributed by atoms with Gasteiger partial charge in [0.05, 0.1) is 16.6 Å². The fourth-order valence-corrected chi connectivity index (χ4v) is 2.68. The first kappa shape index (κ1) is 16.0. The predicted molar refractivity (Wildman–Crippen MR) is 95.8 cm³/mol. The molecule has 0 spiro atoms. The summed E-state index contributed by atoms with van der Waals surface area (Å²) in [6.45, 7) is 0. The highest BCUT2D eigenvalue weighted by Crippen LogP contribution is 2.22. The Bertz CT molecular complexity index is 1070. The molecular weight excluding hydrogens is 336 g/mol. The van der Waals surface area contributed by atoms with Crippen LogP contribution in [0.4, 0.5) is 14.5 Å². The van der Waals surface area contributed by atoms with Gasteiger partial charge in [-0.3, -0.25) is 4.79 Å². The van der Waals surface area contributed by atoms with Gasteiger partial charge in [-0.15, -0.1) is 0 Å². The van der Waals surface area contributed by atoms with E-state index in [-0.39, 0.29) is 5.56 Å². The summed E-state index contributed by atoms with van der Waals surface area (Å²) in [4.78, 5) is 19.9. The monoisotopic (exact) mass is 349 g/mol. The third-order valence-corrected chi connectivity index (χ3v) is 4.00. The molecule has 1 heterocycles. The van der Waals surface area contributed by atoms with Crippen molar-refractivity contribution in [3.63, 3.8) is 0 Å². The van der Waals surface area contributed by atoms with Gasteiger partial charge >= 0.3 is 0 Å². The molecule has 2 N–H and O–H groups in total. The molecule has 0 bridgehead atoms. The SMILES string of the molecule is O=C(Nc1ccc(-c2nc3ccccc3[nH]2)cc1)c1cccc(F)c1F. The highest BCUT2D eigenvalue weighted by Gasteiger charge is 2.15. The first-order valence-electron chi connectivity index (χ1n) is 7.92. The Morgan fingerprint density at radius 3 is 2.46 bits per heavy atom. The van der Waals surface area contributed by atoms with Crippen LogP contribution in [0, 0.1) is 11.6 Å². The number of para-hydroxylation sites is 2.